The number of para-hydroxylation sites is 1. The summed E-state index contributed by atoms with van der Waals surface area (Å²) >= 11 is 0. The number of ether oxygens (including phenoxy) is 1. The third-order valence-corrected chi connectivity index (χ3v) is 7.56. The molecule has 3 N–H and O–H groups in total. The molecule has 0 bridgehead atoms. The zero-order chi connectivity index (χ0) is 22.8. The van der Waals surface area contributed by atoms with E-state index in [0.29, 0.717) is 12.1 Å². The largest absolute Gasteiger partial charge is 0.453 e. The molecule has 2 aromatic carbocycles. The number of hydrogen-bond donors (Lipinski definition) is 3. The fraction of sp³-hybridized carbons (Fsp3) is 0.462. The van der Waals surface area contributed by atoms with Gasteiger partial charge in [-0.2, -0.15) is 0 Å². The van der Waals surface area contributed by atoms with Gasteiger partial charge in [0.2, 0.25) is 5.91 Å². The summed E-state index contributed by atoms with van der Waals surface area (Å²) < 4.78 is 4.75. The van der Waals surface area contributed by atoms with E-state index in [1.54, 1.807) is 9.80 Å². The molecule has 0 spiro atoms. The second kappa shape index (κ2) is 9.53. The summed E-state index contributed by atoms with van der Waals surface area (Å²) in [5.41, 5.74) is 4.74. The number of benzene rings is 2. The zero-order valence-corrected chi connectivity index (χ0v) is 19.4. The number of methoxy groups -OCH3 is 1. The van der Waals surface area contributed by atoms with E-state index in [9.17, 15) is 9.59 Å². The van der Waals surface area contributed by atoms with Crippen LogP contribution in [0.2, 0.25) is 0 Å². The number of nitrogens with one attached hydrogen (secondary N) is 3. The van der Waals surface area contributed by atoms with Crippen LogP contribution < -0.4 is 20.0 Å². The molecule has 2 fully saturated rings. The lowest BCUT2D eigenvalue weighted by atomic mass is 10.0. The number of anilines is 3. The predicted octanol–water partition coefficient (Wildman–Crippen LogP) is 0.964. The van der Waals surface area contributed by atoms with Crippen molar-refractivity contribution in [2.75, 3.05) is 50.1 Å². The van der Waals surface area contributed by atoms with E-state index < -0.39 is 6.09 Å². The predicted molar refractivity (Wildman–Crippen MR) is 127 cm³/mol. The number of rotatable bonds is 4. The quantitative estimate of drug-likeness (QED) is 0.650. The molecule has 0 aliphatic carbocycles. The Morgan fingerprint density at radius 3 is 2.73 bits per heavy atom. The van der Waals surface area contributed by atoms with E-state index in [1.165, 1.54) is 45.1 Å². The molecule has 2 amide bonds. The van der Waals surface area contributed by atoms with Crippen molar-refractivity contribution in [3.63, 3.8) is 0 Å². The fourth-order valence-corrected chi connectivity index (χ4v) is 5.81. The topological polar surface area (TPSA) is 67.5 Å². The summed E-state index contributed by atoms with van der Waals surface area (Å²) in [5, 5.41) is 2.75. The van der Waals surface area contributed by atoms with Crippen LogP contribution in [0.25, 0.3) is 0 Å². The maximum Gasteiger partial charge on any atom is 0.411 e. The number of quaternary nitrogens is 2. The monoisotopic (exact) mass is 450 g/mol. The fourth-order valence-electron chi connectivity index (χ4n) is 5.81. The second-order valence-corrected chi connectivity index (χ2v) is 9.52. The van der Waals surface area contributed by atoms with Gasteiger partial charge in [0.15, 0.2) is 0 Å². The van der Waals surface area contributed by atoms with E-state index >= 15 is 0 Å². The Kier molecular flexibility index (Phi) is 6.33. The summed E-state index contributed by atoms with van der Waals surface area (Å²) in [7, 11) is 1.35. The summed E-state index contributed by atoms with van der Waals surface area (Å²) in [4.78, 5) is 30.7. The van der Waals surface area contributed by atoms with E-state index in [4.69, 9.17) is 4.74 Å². The van der Waals surface area contributed by atoms with Gasteiger partial charge in [0.25, 0.3) is 0 Å². The first-order valence-corrected chi connectivity index (χ1v) is 12.2. The molecule has 7 nitrogen and oxygen atoms in total. The minimum atomic E-state index is -0.515. The Bertz CT molecular complexity index is 1040. The van der Waals surface area contributed by atoms with Gasteiger partial charge in [-0.3, -0.25) is 15.0 Å². The molecule has 3 aliphatic heterocycles. The van der Waals surface area contributed by atoms with Gasteiger partial charge < -0.3 is 14.5 Å². The van der Waals surface area contributed by atoms with Crippen molar-refractivity contribution in [2.45, 2.75) is 38.1 Å². The van der Waals surface area contributed by atoms with Crippen LogP contribution in [0.5, 0.6) is 0 Å². The highest BCUT2D eigenvalue weighted by Crippen LogP contribution is 2.38. The Labute approximate surface area is 195 Å². The van der Waals surface area contributed by atoms with Crippen molar-refractivity contribution in [1.82, 2.24) is 0 Å². The van der Waals surface area contributed by atoms with Crippen molar-refractivity contribution in [2.24, 2.45) is 0 Å². The van der Waals surface area contributed by atoms with Gasteiger partial charge in [0.1, 0.15) is 25.7 Å². The van der Waals surface area contributed by atoms with Crippen LogP contribution in [0.1, 0.15) is 30.4 Å². The minimum Gasteiger partial charge on any atom is -0.453 e. The molecule has 33 heavy (non-hydrogen) atoms. The third kappa shape index (κ3) is 4.61. The smallest absolute Gasteiger partial charge is 0.411 e. The van der Waals surface area contributed by atoms with Gasteiger partial charge in [-0.1, -0.05) is 24.3 Å². The van der Waals surface area contributed by atoms with Gasteiger partial charge >= 0.3 is 6.09 Å². The molecule has 5 rings (SSSR count). The van der Waals surface area contributed by atoms with Gasteiger partial charge in [0.05, 0.1) is 38.0 Å². The normalized spacial score (nSPS) is 23.7. The second-order valence-electron chi connectivity index (χ2n) is 9.52. The average molecular weight is 451 g/mol. The van der Waals surface area contributed by atoms with Crippen molar-refractivity contribution in [3.05, 3.63) is 53.6 Å². The Hall–Kier alpha value is -2.90. The molecule has 2 saturated heterocycles. The first kappa shape index (κ1) is 21.9. The third-order valence-electron chi connectivity index (χ3n) is 7.56. The first-order chi connectivity index (χ1) is 16.1. The highest BCUT2D eigenvalue weighted by molar-refractivity contribution is 6.03. The number of hydrogen-bond acceptors (Lipinski definition) is 3. The van der Waals surface area contributed by atoms with Gasteiger partial charge in [-0.05, 0) is 42.2 Å². The number of aryl methyl sites for hydroxylation is 2. The van der Waals surface area contributed by atoms with Crippen molar-refractivity contribution in [1.29, 1.82) is 0 Å². The van der Waals surface area contributed by atoms with Crippen molar-refractivity contribution < 1.29 is 24.1 Å². The maximum absolute atomic E-state index is 13.7. The zero-order valence-electron chi connectivity index (χ0n) is 19.4. The van der Waals surface area contributed by atoms with Gasteiger partial charge in [0, 0.05) is 18.5 Å². The van der Waals surface area contributed by atoms with Crippen LogP contribution in [0.15, 0.2) is 42.5 Å². The highest BCUT2D eigenvalue weighted by atomic mass is 16.5. The number of carbonyl (C=O) groups excluding carboxylic acids is 2. The lowest BCUT2D eigenvalue weighted by molar-refractivity contribution is -1.02. The molecule has 0 saturated carbocycles. The van der Waals surface area contributed by atoms with Crippen molar-refractivity contribution >= 4 is 29.1 Å². The number of piperazine rings is 1. The van der Waals surface area contributed by atoms with Crippen LogP contribution >= 0.6 is 0 Å². The van der Waals surface area contributed by atoms with Crippen LogP contribution in [0, 0.1) is 0 Å². The Morgan fingerprint density at radius 1 is 1.06 bits per heavy atom. The van der Waals surface area contributed by atoms with Crippen molar-refractivity contribution in [3.8, 4) is 0 Å². The molecule has 2 aromatic rings. The molecule has 3 atom stereocenters. The summed E-state index contributed by atoms with van der Waals surface area (Å²) in [5.74, 6) is 0.120. The van der Waals surface area contributed by atoms with Crippen LogP contribution in [0.3, 0.4) is 0 Å². The van der Waals surface area contributed by atoms with E-state index in [0.717, 1.165) is 48.9 Å². The molecular formula is C26H34N4O3+2. The average Bonchev–Trinajstić information content (AvgIpc) is 3.24. The number of amides is 2. The molecule has 2 unspecified atom stereocenters. The molecule has 7 heteroatoms. The van der Waals surface area contributed by atoms with Gasteiger partial charge in [-0.15, -0.1) is 0 Å². The van der Waals surface area contributed by atoms with Gasteiger partial charge in [-0.25, -0.2) is 4.79 Å². The first-order valence-electron chi connectivity index (χ1n) is 12.2. The molecule has 0 aromatic heterocycles. The minimum absolute atomic E-state index is 0.120. The maximum atomic E-state index is 13.7. The highest BCUT2D eigenvalue weighted by Gasteiger charge is 2.37. The number of carbonyl (C=O) groups is 2. The SMILES string of the molecule is COC(=O)Nc1ccc2c(c1)N(C(=O)CC[NH+]1CC[NH+]3CCC[C@H]3C1)c1ccccc1CC2. The number of nitrogens with zero attached hydrogens (tertiary/aromatic N) is 1. The molecule has 174 valence electrons. The van der Waals surface area contributed by atoms with Crippen LogP contribution in [0.4, 0.5) is 21.9 Å². The van der Waals surface area contributed by atoms with E-state index in [2.05, 4.69) is 11.4 Å². The standard InChI is InChI=1S/C26H32N4O3/c1-33-26(32)27-21-11-10-20-9-8-19-5-2-3-7-23(19)30(24(20)17-21)25(31)12-14-28-15-16-29-13-4-6-22(29)18-28/h2-3,5,7,10-11,17,22H,4,6,8-9,12-16,18H2,1H3,(H,27,32)/p+2/t22-/m0/s1. The molecule has 3 heterocycles. The summed E-state index contributed by atoms with van der Waals surface area (Å²) in [6.45, 7) is 5.76. The Morgan fingerprint density at radius 2 is 1.88 bits per heavy atom. The lowest BCUT2D eigenvalue weighted by Crippen LogP contribution is -3.29. The van der Waals surface area contributed by atoms with Crippen LogP contribution in [-0.4, -0.2) is 57.9 Å². The molecular weight excluding hydrogens is 416 g/mol. The van der Waals surface area contributed by atoms with E-state index in [-0.39, 0.29) is 5.91 Å². The summed E-state index contributed by atoms with van der Waals surface area (Å²) in [6, 6.07) is 14.7. The van der Waals surface area contributed by atoms with E-state index in [1.807, 2.05) is 41.3 Å². The molecule has 0 radical (unpaired) electrons. The van der Waals surface area contributed by atoms with Crippen LogP contribution in [-0.2, 0) is 22.4 Å². The number of fused-ring (bicyclic) bond motifs is 3. The summed E-state index contributed by atoms with van der Waals surface area (Å²) in [6.07, 6.45) is 4.41. The Balaban J connectivity index is 1.39. The lowest BCUT2D eigenvalue weighted by Gasteiger charge is -2.32. The molecule has 3 aliphatic rings.